The summed E-state index contributed by atoms with van der Waals surface area (Å²) in [6, 6.07) is 4.62. The number of rotatable bonds is 5. The fourth-order valence-corrected chi connectivity index (χ4v) is 3.06. The second-order valence-electron chi connectivity index (χ2n) is 6.02. The molecule has 0 aliphatic carbocycles. The van der Waals surface area contributed by atoms with Gasteiger partial charge in [0.1, 0.15) is 24.7 Å². The van der Waals surface area contributed by atoms with Gasteiger partial charge >= 0.3 is 11.6 Å². The largest absolute Gasteiger partial charge is 0.507 e. The fraction of sp³-hybridized carbons (Fsp3) is 0.368. The summed E-state index contributed by atoms with van der Waals surface area (Å²) in [5.41, 5.74) is -0.243. The SMILES string of the molecule is COC(=O)CC(c1cc(OC)c2c(c1)OCCO2)c1c(O)cc(C)oc1=O. The van der Waals surface area contributed by atoms with Crippen molar-refractivity contribution in [2.45, 2.75) is 19.3 Å². The summed E-state index contributed by atoms with van der Waals surface area (Å²) in [6.45, 7) is 2.29. The standard InChI is InChI=1S/C19H20O8/c1-10-6-13(20)17(19(22)27-10)12(9-16(21)24-3)11-7-14(23-2)18-15(8-11)25-4-5-26-18/h6-8,12,20H,4-5,9H2,1-3H3. The van der Waals surface area contributed by atoms with Gasteiger partial charge in [0.15, 0.2) is 11.5 Å². The minimum Gasteiger partial charge on any atom is -0.507 e. The van der Waals surface area contributed by atoms with Gasteiger partial charge in [-0.15, -0.1) is 0 Å². The van der Waals surface area contributed by atoms with Crippen LogP contribution in [0, 0.1) is 6.92 Å². The van der Waals surface area contributed by atoms with Gasteiger partial charge in [-0.2, -0.15) is 0 Å². The average molecular weight is 376 g/mol. The zero-order valence-corrected chi connectivity index (χ0v) is 15.2. The van der Waals surface area contributed by atoms with Crippen LogP contribution >= 0.6 is 0 Å². The van der Waals surface area contributed by atoms with E-state index in [1.54, 1.807) is 19.1 Å². The molecule has 0 spiro atoms. The van der Waals surface area contributed by atoms with Gasteiger partial charge in [0.2, 0.25) is 5.75 Å². The molecule has 0 fully saturated rings. The summed E-state index contributed by atoms with van der Waals surface area (Å²) >= 11 is 0. The number of esters is 1. The molecule has 1 N–H and O–H groups in total. The van der Waals surface area contributed by atoms with E-state index in [2.05, 4.69) is 0 Å². The third-order valence-electron chi connectivity index (χ3n) is 4.29. The van der Waals surface area contributed by atoms with Gasteiger partial charge in [0.05, 0.1) is 26.2 Å². The molecule has 3 rings (SSSR count). The molecule has 0 radical (unpaired) electrons. The highest BCUT2D eigenvalue weighted by Gasteiger charge is 2.29. The maximum Gasteiger partial charge on any atom is 0.343 e. The number of carbonyl (C=O) groups is 1. The molecule has 1 aliphatic heterocycles. The number of fused-ring (bicyclic) bond motifs is 1. The molecule has 0 bridgehead atoms. The molecule has 2 heterocycles. The Morgan fingerprint density at radius 3 is 2.63 bits per heavy atom. The Hall–Kier alpha value is -3.16. The highest BCUT2D eigenvalue weighted by Crippen LogP contribution is 2.44. The van der Waals surface area contributed by atoms with Crippen molar-refractivity contribution in [1.82, 2.24) is 0 Å². The number of benzene rings is 1. The van der Waals surface area contributed by atoms with Crippen molar-refractivity contribution in [1.29, 1.82) is 0 Å². The number of aryl methyl sites for hydroxylation is 1. The predicted octanol–water partition coefficient (Wildman–Crippen LogP) is 2.13. The van der Waals surface area contributed by atoms with Crippen molar-refractivity contribution in [3.63, 3.8) is 0 Å². The molecule has 144 valence electrons. The molecule has 0 saturated carbocycles. The lowest BCUT2D eigenvalue weighted by molar-refractivity contribution is -0.140. The van der Waals surface area contributed by atoms with E-state index in [0.29, 0.717) is 36.0 Å². The molecule has 27 heavy (non-hydrogen) atoms. The first-order chi connectivity index (χ1) is 12.9. The molecule has 1 aromatic heterocycles. The maximum atomic E-state index is 12.4. The molecule has 1 unspecified atom stereocenters. The molecule has 8 heteroatoms. The Labute approximate surface area is 155 Å². The molecular weight excluding hydrogens is 356 g/mol. The smallest absolute Gasteiger partial charge is 0.343 e. The summed E-state index contributed by atoms with van der Waals surface area (Å²) in [5.74, 6) is -0.0874. The van der Waals surface area contributed by atoms with Crippen LogP contribution in [-0.4, -0.2) is 38.5 Å². The van der Waals surface area contributed by atoms with E-state index in [1.807, 2.05) is 0 Å². The highest BCUT2D eigenvalue weighted by atomic mass is 16.6. The van der Waals surface area contributed by atoms with Crippen molar-refractivity contribution in [3.8, 4) is 23.0 Å². The van der Waals surface area contributed by atoms with Gasteiger partial charge in [-0.3, -0.25) is 4.79 Å². The predicted molar refractivity (Wildman–Crippen MR) is 93.8 cm³/mol. The number of carbonyl (C=O) groups excluding carboxylic acids is 1. The number of hydrogen-bond donors (Lipinski definition) is 1. The lowest BCUT2D eigenvalue weighted by Gasteiger charge is -2.24. The van der Waals surface area contributed by atoms with Crippen LogP contribution < -0.4 is 19.8 Å². The van der Waals surface area contributed by atoms with E-state index in [1.165, 1.54) is 20.3 Å². The normalized spacial score (nSPS) is 13.7. The Morgan fingerprint density at radius 2 is 1.96 bits per heavy atom. The van der Waals surface area contributed by atoms with Crippen LogP contribution in [0.5, 0.6) is 23.0 Å². The van der Waals surface area contributed by atoms with Gasteiger partial charge in [-0.25, -0.2) is 4.79 Å². The van der Waals surface area contributed by atoms with Crippen LogP contribution in [-0.2, 0) is 9.53 Å². The lowest BCUT2D eigenvalue weighted by atomic mass is 9.88. The van der Waals surface area contributed by atoms with E-state index in [4.69, 9.17) is 23.4 Å². The van der Waals surface area contributed by atoms with Crippen LogP contribution in [0.25, 0.3) is 0 Å². The Morgan fingerprint density at radius 1 is 1.22 bits per heavy atom. The van der Waals surface area contributed by atoms with E-state index in [0.717, 1.165) is 0 Å². The van der Waals surface area contributed by atoms with Gasteiger partial charge in [0.25, 0.3) is 0 Å². The molecule has 2 aromatic rings. The van der Waals surface area contributed by atoms with Gasteiger partial charge in [0, 0.05) is 12.0 Å². The zero-order chi connectivity index (χ0) is 19.6. The number of hydrogen-bond acceptors (Lipinski definition) is 8. The second-order valence-corrected chi connectivity index (χ2v) is 6.02. The highest BCUT2D eigenvalue weighted by molar-refractivity contribution is 5.72. The van der Waals surface area contributed by atoms with E-state index >= 15 is 0 Å². The van der Waals surface area contributed by atoms with Crippen molar-refractivity contribution in [2.24, 2.45) is 0 Å². The van der Waals surface area contributed by atoms with Crippen LogP contribution in [0.2, 0.25) is 0 Å². The van der Waals surface area contributed by atoms with Crippen LogP contribution in [0.1, 0.15) is 29.2 Å². The summed E-state index contributed by atoms with van der Waals surface area (Å²) in [4.78, 5) is 24.4. The summed E-state index contributed by atoms with van der Waals surface area (Å²) in [5, 5.41) is 10.4. The molecule has 1 aromatic carbocycles. The Kier molecular flexibility index (Phi) is 5.25. The monoisotopic (exact) mass is 376 g/mol. The first-order valence-electron chi connectivity index (χ1n) is 8.32. The van der Waals surface area contributed by atoms with Crippen LogP contribution in [0.4, 0.5) is 0 Å². The van der Waals surface area contributed by atoms with Gasteiger partial charge < -0.3 is 28.5 Å². The third-order valence-corrected chi connectivity index (χ3v) is 4.29. The average Bonchev–Trinajstić information content (AvgIpc) is 2.65. The van der Waals surface area contributed by atoms with Gasteiger partial charge in [-0.1, -0.05) is 0 Å². The third kappa shape index (κ3) is 3.69. The second kappa shape index (κ2) is 7.61. The van der Waals surface area contributed by atoms with Crippen molar-refractivity contribution in [3.05, 3.63) is 45.5 Å². The van der Waals surface area contributed by atoms with Gasteiger partial charge in [-0.05, 0) is 24.6 Å². The van der Waals surface area contributed by atoms with E-state index in [9.17, 15) is 14.7 Å². The first-order valence-corrected chi connectivity index (χ1v) is 8.32. The van der Waals surface area contributed by atoms with E-state index < -0.39 is 17.5 Å². The minimum absolute atomic E-state index is 0.0373. The summed E-state index contributed by atoms with van der Waals surface area (Å²) in [6.07, 6.45) is -0.180. The van der Waals surface area contributed by atoms with Crippen LogP contribution in [0.15, 0.2) is 27.4 Å². The van der Waals surface area contributed by atoms with Crippen LogP contribution in [0.3, 0.4) is 0 Å². The van der Waals surface area contributed by atoms with E-state index in [-0.39, 0.29) is 23.5 Å². The fourth-order valence-electron chi connectivity index (χ4n) is 3.06. The van der Waals surface area contributed by atoms with Crippen molar-refractivity contribution in [2.75, 3.05) is 27.4 Å². The minimum atomic E-state index is -0.820. The van der Waals surface area contributed by atoms with Crippen molar-refractivity contribution >= 4 is 5.97 Å². The first kappa shape index (κ1) is 18.6. The zero-order valence-electron chi connectivity index (χ0n) is 15.2. The maximum absolute atomic E-state index is 12.4. The molecule has 0 saturated heterocycles. The topological polar surface area (TPSA) is 104 Å². The Bertz CT molecular complexity index is 897. The lowest BCUT2D eigenvalue weighted by Crippen LogP contribution is -2.20. The summed E-state index contributed by atoms with van der Waals surface area (Å²) < 4.78 is 26.4. The molecule has 8 nitrogen and oxygen atoms in total. The Balaban J connectivity index is 2.18. The molecule has 1 atom stereocenters. The number of aromatic hydroxyl groups is 1. The number of ether oxygens (including phenoxy) is 4. The summed E-state index contributed by atoms with van der Waals surface area (Å²) in [7, 11) is 2.73. The molecule has 1 aliphatic rings. The molecular formula is C19H20O8. The quantitative estimate of drug-likeness (QED) is 0.792. The van der Waals surface area contributed by atoms with Crippen molar-refractivity contribution < 1.29 is 33.3 Å². The number of methoxy groups -OCH3 is 2. The molecule has 0 amide bonds.